The van der Waals surface area contributed by atoms with Crippen molar-refractivity contribution >= 4 is 5.91 Å². The summed E-state index contributed by atoms with van der Waals surface area (Å²) in [6, 6.07) is 0.957. The maximum absolute atomic E-state index is 13.0. The molecule has 0 aliphatic carbocycles. The van der Waals surface area contributed by atoms with Gasteiger partial charge in [0.15, 0.2) is 0 Å². The van der Waals surface area contributed by atoms with Crippen molar-refractivity contribution in [3.05, 3.63) is 0 Å². The number of rotatable bonds is 3. The van der Waals surface area contributed by atoms with Crippen LogP contribution in [0.3, 0.4) is 0 Å². The molecule has 3 rings (SSSR count). The lowest BCUT2D eigenvalue weighted by atomic mass is 9.91. The van der Waals surface area contributed by atoms with Gasteiger partial charge in [0.1, 0.15) is 0 Å². The van der Waals surface area contributed by atoms with Crippen molar-refractivity contribution in [3.63, 3.8) is 0 Å². The molecular formula is C16H28N2O2. The Morgan fingerprint density at radius 1 is 1.25 bits per heavy atom. The van der Waals surface area contributed by atoms with Crippen LogP contribution in [0.25, 0.3) is 0 Å². The Bertz CT molecular complexity index is 341. The van der Waals surface area contributed by atoms with E-state index in [1.54, 1.807) is 0 Å². The quantitative estimate of drug-likeness (QED) is 0.859. The SMILES string of the molecule is CCC1OCCC1C(=O)N1CCCCC1C1CCCN1. The number of piperidine rings is 1. The van der Waals surface area contributed by atoms with Crippen LogP contribution >= 0.6 is 0 Å². The molecule has 3 aliphatic heterocycles. The zero-order valence-electron chi connectivity index (χ0n) is 12.6. The number of nitrogens with zero attached hydrogens (tertiary/aromatic N) is 1. The third-order valence-corrected chi connectivity index (χ3v) is 5.32. The van der Waals surface area contributed by atoms with Gasteiger partial charge in [-0.3, -0.25) is 4.79 Å². The molecule has 114 valence electrons. The van der Waals surface area contributed by atoms with Crippen LogP contribution in [0.1, 0.15) is 51.9 Å². The van der Waals surface area contributed by atoms with Gasteiger partial charge in [0, 0.05) is 25.2 Å². The molecule has 20 heavy (non-hydrogen) atoms. The molecular weight excluding hydrogens is 252 g/mol. The fourth-order valence-corrected chi connectivity index (χ4v) is 4.24. The summed E-state index contributed by atoms with van der Waals surface area (Å²) in [7, 11) is 0. The summed E-state index contributed by atoms with van der Waals surface area (Å²) >= 11 is 0. The fraction of sp³-hybridized carbons (Fsp3) is 0.938. The average molecular weight is 280 g/mol. The van der Waals surface area contributed by atoms with Crippen LogP contribution in [0, 0.1) is 5.92 Å². The first-order valence-electron chi connectivity index (χ1n) is 8.46. The maximum atomic E-state index is 13.0. The summed E-state index contributed by atoms with van der Waals surface area (Å²) in [5.41, 5.74) is 0. The summed E-state index contributed by atoms with van der Waals surface area (Å²) in [4.78, 5) is 15.2. The minimum atomic E-state index is 0.113. The van der Waals surface area contributed by atoms with Crippen molar-refractivity contribution in [2.45, 2.75) is 70.1 Å². The molecule has 4 unspecified atom stereocenters. The van der Waals surface area contributed by atoms with E-state index >= 15 is 0 Å². The first-order valence-corrected chi connectivity index (χ1v) is 8.46. The summed E-state index contributed by atoms with van der Waals surface area (Å²) in [6.07, 6.45) is 8.12. The van der Waals surface area contributed by atoms with Crippen molar-refractivity contribution in [1.29, 1.82) is 0 Å². The lowest BCUT2D eigenvalue weighted by Crippen LogP contribution is -2.54. The number of carbonyl (C=O) groups excluding carboxylic acids is 1. The molecule has 0 aromatic heterocycles. The molecule has 4 nitrogen and oxygen atoms in total. The number of nitrogens with one attached hydrogen (secondary N) is 1. The number of ether oxygens (including phenoxy) is 1. The van der Waals surface area contributed by atoms with Crippen molar-refractivity contribution in [1.82, 2.24) is 10.2 Å². The highest BCUT2D eigenvalue weighted by atomic mass is 16.5. The smallest absolute Gasteiger partial charge is 0.228 e. The van der Waals surface area contributed by atoms with E-state index in [-0.39, 0.29) is 12.0 Å². The standard InChI is InChI=1S/C16H28N2O2/c1-2-15-12(8-11-20-15)16(19)18-10-4-3-7-14(18)13-6-5-9-17-13/h12-15,17H,2-11H2,1H3. The molecule has 3 fully saturated rings. The van der Waals surface area contributed by atoms with Crippen LogP contribution in [0.2, 0.25) is 0 Å². The molecule has 0 bridgehead atoms. The van der Waals surface area contributed by atoms with Crippen molar-refractivity contribution in [3.8, 4) is 0 Å². The highest BCUT2D eigenvalue weighted by Crippen LogP contribution is 2.30. The van der Waals surface area contributed by atoms with E-state index in [0.717, 1.165) is 32.5 Å². The zero-order chi connectivity index (χ0) is 13.9. The second-order valence-electron chi connectivity index (χ2n) is 6.51. The fourth-order valence-electron chi connectivity index (χ4n) is 4.24. The van der Waals surface area contributed by atoms with E-state index in [1.807, 2.05) is 0 Å². The van der Waals surface area contributed by atoms with Gasteiger partial charge in [0.2, 0.25) is 5.91 Å². The lowest BCUT2D eigenvalue weighted by molar-refractivity contribution is -0.141. The number of carbonyl (C=O) groups is 1. The normalized spacial score (nSPS) is 38.4. The highest BCUT2D eigenvalue weighted by Gasteiger charge is 2.40. The van der Waals surface area contributed by atoms with Crippen molar-refractivity contribution < 1.29 is 9.53 Å². The van der Waals surface area contributed by atoms with E-state index in [9.17, 15) is 4.79 Å². The van der Waals surface area contributed by atoms with E-state index in [2.05, 4.69) is 17.1 Å². The summed E-state index contributed by atoms with van der Waals surface area (Å²) in [5.74, 6) is 0.481. The minimum absolute atomic E-state index is 0.113. The van der Waals surface area contributed by atoms with Gasteiger partial charge in [-0.15, -0.1) is 0 Å². The Morgan fingerprint density at radius 3 is 2.90 bits per heavy atom. The summed E-state index contributed by atoms with van der Waals surface area (Å²) < 4.78 is 5.72. The van der Waals surface area contributed by atoms with Gasteiger partial charge in [-0.2, -0.15) is 0 Å². The van der Waals surface area contributed by atoms with E-state index < -0.39 is 0 Å². The Kier molecular flexibility index (Phi) is 4.61. The third kappa shape index (κ3) is 2.73. The van der Waals surface area contributed by atoms with Gasteiger partial charge >= 0.3 is 0 Å². The zero-order valence-corrected chi connectivity index (χ0v) is 12.6. The molecule has 1 amide bonds. The molecule has 1 N–H and O–H groups in total. The van der Waals surface area contributed by atoms with Gasteiger partial charge in [-0.1, -0.05) is 6.92 Å². The highest BCUT2D eigenvalue weighted by molar-refractivity contribution is 5.80. The van der Waals surface area contributed by atoms with Gasteiger partial charge in [0.25, 0.3) is 0 Å². The third-order valence-electron chi connectivity index (χ3n) is 5.32. The molecule has 4 atom stereocenters. The summed E-state index contributed by atoms with van der Waals surface area (Å²) in [6.45, 7) is 4.96. The van der Waals surface area contributed by atoms with Crippen molar-refractivity contribution in [2.24, 2.45) is 5.92 Å². The molecule has 0 aromatic carbocycles. The Morgan fingerprint density at radius 2 is 2.15 bits per heavy atom. The average Bonchev–Trinajstić information content (AvgIpc) is 3.17. The number of hydrogen-bond donors (Lipinski definition) is 1. The molecule has 4 heteroatoms. The van der Waals surface area contributed by atoms with Crippen LogP contribution in [-0.2, 0) is 9.53 Å². The monoisotopic (exact) mass is 280 g/mol. The second kappa shape index (κ2) is 6.44. The van der Waals surface area contributed by atoms with E-state index in [0.29, 0.717) is 18.0 Å². The van der Waals surface area contributed by atoms with Crippen LogP contribution in [0.4, 0.5) is 0 Å². The Labute approximate surface area is 122 Å². The van der Waals surface area contributed by atoms with E-state index in [4.69, 9.17) is 4.74 Å². The second-order valence-corrected chi connectivity index (χ2v) is 6.51. The largest absolute Gasteiger partial charge is 0.377 e. The molecule has 3 heterocycles. The number of likely N-dealkylation sites (tertiary alicyclic amines) is 1. The molecule has 3 aliphatic rings. The number of amides is 1. The molecule has 3 saturated heterocycles. The molecule has 0 spiro atoms. The first kappa shape index (κ1) is 14.3. The first-order chi connectivity index (χ1) is 9.81. The van der Waals surface area contributed by atoms with Gasteiger partial charge in [0.05, 0.1) is 12.0 Å². The topological polar surface area (TPSA) is 41.6 Å². The number of hydrogen-bond acceptors (Lipinski definition) is 3. The van der Waals surface area contributed by atoms with Gasteiger partial charge < -0.3 is 15.0 Å². The predicted molar refractivity (Wildman–Crippen MR) is 78.5 cm³/mol. The predicted octanol–water partition coefficient (Wildman–Crippen LogP) is 1.93. The minimum Gasteiger partial charge on any atom is -0.377 e. The Balaban J connectivity index is 1.70. The summed E-state index contributed by atoms with van der Waals surface area (Å²) in [5, 5.41) is 3.60. The van der Waals surface area contributed by atoms with E-state index in [1.165, 1.54) is 32.1 Å². The lowest BCUT2D eigenvalue weighted by Gasteiger charge is -2.41. The molecule has 0 saturated carbocycles. The van der Waals surface area contributed by atoms with Crippen LogP contribution < -0.4 is 5.32 Å². The van der Waals surface area contributed by atoms with Gasteiger partial charge in [-0.25, -0.2) is 0 Å². The Hall–Kier alpha value is -0.610. The maximum Gasteiger partial charge on any atom is 0.228 e. The van der Waals surface area contributed by atoms with Crippen LogP contribution in [-0.4, -0.2) is 48.7 Å². The van der Waals surface area contributed by atoms with Crippen molar-refractivity contribution in [2.75, 3.05) is 19.7 Å². The van der Waals surface area contributed by atoms with Crippen LogP contribution in [0.15, 0.2) is 0 Å². The molecule has 0 radical (unpaired) electrons. The van der Waals surface area contributed by atoms with Gasteiger partial charge in [-0.05, 0) is 51.5 Å². The van der Waals surface area contributed by atoms with Crippen LogP contribution in [0.5, 0.6) is 0 Å². The molecule has 0 aromatic rings.